The molecule has 7 heteroatoms. The summed E-state index contributed by atoms with van der Waals surface area (Å²) in [5.74, 6) is 1.83. The maximum absolute atomic E-state index is 10.8. The second kappa shape index (κ2) is 12.8. The Hall–Kier alpha value is -1.51. The van der Waals surface area contributed by atoms with E-state index >= 15 is 0 Å². The second-order valence-corrected chi connectivity index (χ2v) is 6.88. The summed E-state index contributed by atoms with van der Waals surface area (Å²) < 4.78 is 5.35. The van der Waals surface area contributed by atoms with Crippen LogP contribution in [0.25, 0.3) is 0 Å². The average Bonchev–Trinajstić information content (AvgIpc) is 2.65. The Morgan fingerprint density at radius 2 is 2.15 bits per heavy atom. The Bertz CT molecular complexity index is 609. The average molecular weight is 488 g/mol. The molecule has 6 nitrogen and oxygen atoms in total. The molecular weight excluding hydrogens is 455 g/mol. The normalized spacial score (nSPS) is 19.7. The van der Waals surface area contributed by atoms with Crippen LogP contribution < -0.4 is 21.1 Å². The van der Waals surface area contributed by atoms with Gasteiger partial charge in [0.05, 0.1) is 6.54 Å². The fraction of sp³-hybridized carbons (Fsp3) is 0.600. The van der Waals surface area contributed by atoms with Crippen molar-refractivity contribution >= 4 is 35.8 Å². The number of hydrogen-bond donors (Lipinski definition) is 3. The largest absolute Gasteiger partial charge is 0.484 e. The highest BCUT2D eigenvalue weighted by Gasteiger charge is 2.21. The third-order valence-electron chi connectivity index (χ3n) is 4.74. The lowest BCUT2D eigenvalue weighted by molar-refractivity contribution is -0.119. The van der Waals surface area contributed by atoms with Crippen molar-refractivity contribution in [1.29, 1.82) is 0 Å². The first-order valence-electron chi connectivity index (χ1n) is 9.65. The smallest absolute Gasteiger partial charge is 0.255 e. The molecule has 2 atom stereocenters. The number of hydrogen-bond acceptors (Lipinski definition) is 3. The van der Waals surface area contributed by atoms with Crippen LogP contribution in [0.15, 0.2) is 29.3 Å². The van der Waals surface area contributed by atoms with Crippen LogP contribution in [0.5, 0.6) is 5.75 Å². The molecule has 1 aliphatic carbocycles. The molecule has 0 heterocycles. The second-order valence-electron chi connectivity index (χ2n) is 6.88. The Morgan fingerprint density at radius 3 is 2.85 bits per heavy atom. The number of benzene rings is 1. The summed E-state index contributed by atoms with van der Waals surface area (Å²) in [7, 11) is 0. The van der Waals surface area contributed by atoms with Crippen LogP contribution in [0, 0.1) is 5.92 Å². The molecule has 27 heavy (non-hydrogen) atoms. The Kier molecular flexibility index (Phi) is 11.2. The molecule has 0 spiro atoms. The van der Waals surface area contributed by atoms with Gasteiger partial charge in [-0.15, -0.1) is 24.0 Å². The zero-order valence-electron chi connectivity index (χ0n) is 16.4. The van der Waals surface area contributed by atoms with Crippen molar-refractivity contribution in [2.75, 3.05) is 13.2 Å². The number of amides is 1. The van der Waals surface area contributed by atoms with Crippen LogP contribution in [-0.2, 0) is 11.3 Å². The third-order valence-corrected chi connectivity index (χ3v) is 4.74. The molecule has 0 aromatic heterocycles. The van der Waals surface area contributed by atoms with Crippen molar-refractivity contribution < 1.29 is 9.53 Å². The molecule has 0 saturated heterocycles. The number of nitrogens with zero attached hydrogens (tertiary/aromatic N) is 1. The van der Waals surface area contributed by atoms with Crippen molar-refractivity contribution in [3.05, 3.63) is 29.8 Å². The summed E-state index contributed by atoms with van der Waals surface area (Å²) >= 11 is 0. The Morgan fingerprint density at radius 1 is 1.33 bits per heavy atom. The third kappa shape index (κ3) is 8.81. The van der Waals surface area contributed by atoms with E-state index in [2.05, 4.69) is 24.5 Å². The molecule has 152 valence electrons. The van der Waals surface area contributed by atoms with Crippen LogP contribution in [-0.4, -0.2) is 31.1 Å². The number of nitrogens with one attached hydrogen (secondary N) is 2. The van der Waals surface area contributed by atoms with Crippen molar-refractivity contribution in [3.8, 4) is 5.75 Å². The topological polar surface area (TPSA) is 88.7 Å². The highest BCUT2D eigenvalue weighted by Crippen LogP contribution is 2.26. The van der Waals surface area contributed by atoms with Gasteiger partial charge in [0.15, 0.2) is 12.6 Å². The predicted octanol–water partition coefficient (Wildman–Crippen LogP) is 3.19. The number of aliphatic imine (C=N–C) groups is 1. The van der Waals surface area contributed by atoms with E-state index in [0.717, 1.165) is 24.0 Å². The van der Waals surface area contributed by atoms with E-state index in [1.54, 1.807) is 0 Å². The molecule has 2 unspecified atom stereocenters. The van der Waals surface area contributed by atoms with Crippen LogP contribution >= 0.6 is 24.0 Å². The molecule has 1 fully saturated rings. The Labute approximate surface area is 179 Å². The van der Waals surface area contributed by atoms with Gasteiger partial charge in [-0.25, -0.2) is 4.99 Å². The number of carbonyl (C=O) groups is 1. The fourth-order valence-electron chi connectivity index (χ4n) is 3.36. The number of nitrogens with two attached hydrogens (primary N) is 1. The van der Waals surface area contributed by atoms with E-state index in [1.807, 2.05) is 24.3 Å². The van der Waals surface area contributed by atoms with Gasteiger partial charge in [-0.05, 0) is 43.4 Å². The Balaban J connectivity index is 0.00000364. The molecule has 1 amide bonds. The van der Waals surface area contributed by atoms with E-state index in [1.165, 1.54) is 32.1 Å². The lowest BCUT2D eigenvalue weighted by Crippen LogP contribution is -2.45. The van der Waals surface area contributed by atoms with Gasteiger partial charge in [0.2, 0.25) is 0 Å². The maximum atomic E-state index is 10.8. The van der Waals surface area contributed by atoms with E-state index in [4.69, 9.17) is 15.5 Å². The maximum Gasteiger partial charge on any atom is 0.255 e. The molecule has 1 aromatic carbocycles. The molecule has 1 aromatic rings. The van der Waals surface area contributed by atoms with E-state index in [9.17, 15) is 4.79 Å². The fourth-order valence-corrected chi connectivity index (χ4v) is 3.36. The number of carbonyl (C=O) groups excluding carboxylic acids is 1. The molecular formula is C20H33IN4O2. The van der Waals surface area contributed by atoms with Crippen molar-refractivity contribution in [3.63, 3.8) is 0 Å². The van der Waals surface area contributed by atoms with Crippen molar-refractivity contribution in [2.24, 2.45) is 16.6 Å². The van der Waals surface area contributed by atoms with Gasteiger partial charge in [-0.2, -0.15) is 0 Å². The summed E-state index contributed by atoms with van der Waals surface area (Å²) in [5.41, 5.74) is 6.14. The zero-order valence-corrected chi connectivity index (χ0v) is 18.7. The van der Waals surface area contributed by atoms with Crippen LogP contribution in [0.2, 0.25) is 0 Å². The van der Waals surface area contributed by atoms with Crippen molar-refractivity contribution in [2.45, 2.75) is 58.5 Å². The number of rotatable bonds is 8. The summed E-state index contributed by atoms with van der Waals surface area (Å²) in [4.78, 5) is 15.5. The van der Waals surface area contributed by atoms with E-state index in [0.29, 0.717) is 18.3 Å². The van der Waals surface area contributed by atoms with Gasteiger partial charge in [-0.1, -0.05) is 38.3 Å². The molecule has 1 saturated carbocycles. The highest BCUT2D eigenvalue weighted by molar-refractivity contribution is 14.0. The number of halogens is 1. The lowest BCUT2D eigenvalue weighted by Gasteiger charge is -2.30. The quantitative estimate of drug-likeness (QED) is 0.298. The van der Waals surface area contributed by atoms with Crippen molar-refractivity contribution in [1.82, 2.24) is 10.6 Å². The highest BCUT2D eigenvalue weighted by atomic mass is 127. The van der Waals surface area contributed by atoms with E-state index < -0.39 is 5.91 Å². The van der Waals surface area contributed by atoms with Gasteiger partial charge in [0.25, 0.3) is 5.91 Å². The number of guanidine groups is 1. The first kappa shape index (κ1) is 23.5. The summed E-state index contributed by atoms with van der Waals surface area (Å²) in [6, 6.07) is 8.10. The molecule has 1 aliphatic rings. The number of ether oxygens (including phenoxy) is 1. The molecule has 0 radical (unpaired) electrons. The SMILES string of the molecule is CCNC(=NCc1cccc(OCC(N)=O)c1)NC1CCCC(CC)C1.I. The predicted molar refractivity (Wildman–Crippen MR) is 121 cm³/mol. The zero-order chi connectivity index (χ0) is 18.8. The summed E-state index contributed by atoms with van der Waals surface area (Å²) in [6.07, 6.45) is 6.31. The van der Waals surface area contributed by atoms with Gasteiger partial charge in [0, 0.05) is 12.6 Å². The standard InChI is InChI=1S/C20H32N4O2.HI/c1-3-15-7-5-9-17(11-15)24-20(22-4-2)23-13-16-8-6-10-18(12-16)26-14-19(21)25;/h6,8,10,12,15,17H,3-5,7,9,11,13-14H2,1-2H3,(H2,21,25)(H2,22,23,24);1H. The first-order chi connectivity index (χ1) is 12.6. The monoisotopic (exact) mass is 488 g/mol. The molecule has 0 bridgehead atoms. The lowest BCUT2D eigenvalue weighted by atomic mass is 9.84. The van der Waals surface area contributed by atoms with Gasteiger partial charge < -0.3 is 21.1 Å². The van der Waals surface area contributed by atoms with Gasteiger partial charge in [-0.3, -0.25) is 4.79 Å². The van der Waals surface area contributed by atoms with E-state index in [-0.39, 0.29) is 30.6 Å². The number of primary amides is 1. The van der Waals surface area contributed by atoms with Crippen LogP contribution in [0.1, 0.15) is 51.5 Å². The van der Waals surface area contributed by atoms with Gasteiger partial charge >= 0.3 is 0 Å². The summed E-state index contributed by atoms with van der Waals surface area (Å²) in [5, 5.41) is 6.93. The molecule has 4 N–H and O–H groups in total. The molecule has 2 rings (SSSR count). The summed E-state index contributed by atoms with van der Waals surface area (Å²) in [6.45, 7) is 5.62. The van der Waals surface area contributed by atoms with Gasteiger partial charge in [0.1, 0.15) is 5.75 Å². The van der Waals surface area contributed by atoms with Crippen LogP contribution in [0.3, 0.4) is 0 Å². The molecule has 0 aliphatic heterocycles. The minimum Gasteiger partial charge on any atom is -0.484 e. The minimum absolute atomic E-state index is 0. The first-order valence-corrected chi connectivity index (χ1v) is 9.65. The van der Waals surface area contributed by atoms with Crippen LogP contribution in [0.4, 0.5) is 0 Å². The minimum atomic E-state index is -0.482.